The summed E-state index contributed by atoms with van der Waals surface area (Å²) in [5.74, 6) is 0.143. The van der Waals surface area contributed by atoms with E-state index < -0.39 is 0 Å². The first-order valence-corrected chi connectivity index (χ1v) is 14.2. The molecule has 5 rings (SSSR count). The van der Waals surface area contributed by atoms with Crippen LogP contribution in [0.25, 0.3) is 23.1 Å². The second kappa shape index (κ2) is 12.6. The first-order valence-electron chi connectivity index (χ1n) is 13.4. The van der Waals surface area contributed by atoms with Crippen molar-refractivity contribution in [2.24, 2.45) is 0 Å². The molecule has 0 bridgehead atoms. The van der Waals surface area contributed by atoms with Gasteiger partial charge in [0.05, 0.1) is 17.6 Å². The summed E-state index contributed by atoms with van der Waals surface area (Å²) in [6, 6.07) is 15.1. The molecule has 0 unspecified atom stereocenters. The summed E-state index contributed by atoms with van der Waals surface area (Å²) in [7, 11) is 0. The minimum absolute atomic E-state index is 0.0551. The van der Waals surface area contributed by atoms with Gasteiger partial charge in [0.1, 0.15) is 0 Å². The molecule has 9 nitrogen and oxygen atoms in total. The van der Waals surface area contributed by atoms with Crippen LogP contribution in [0.3, 0.4) is 0 Å². The van der Waals surface area contributed by atoms with Gasteiger partial charge in [-0.2, -0.15) is 5.10 Å². The number of rotatable bonds is 10. The van der Waals surface area contributed by atoms with Crippen LogP contribution in [0.4, 0.5) is 16.2 Å². The highest BCUT2D eigenvalue weighted by molar-refractivity contribution is 7.10. The summed E-state index contributed by atoms with van der Waals surface area (Å²) in [5, 5.41) is 19.1. The Hall–Kier alpha value is -4.44. The second-order valence-electron chi connectivity index (χ2n) is 9.80. The quantitative estimate of drug-likeness (QED) is 0.195. The molecule has 0 aliphatic carbocycles. The Bertz CT molecular complexity index is 1540. The largest absolute Gasteiger partial charge is 0.343 e. The second-order valence-corrected chi connectivity index (χ2v) is 10.8. The van der Waals surface area contributed by atoms with Gasteiger partial charge in [-0.25, -0.2) is 4.79 Å². The Morgan fingerprint density at radius 1 is 1.12 bits per heavy atom. The molecule has 0 saturated carbocycles. The predicted molar refractivity (Wildman–Crippen MR) is 160 cm³/mol. The number of aryl methyl sites for hydroxylation is 1. The van der Waals surface area contributed by atoms with Gasteiger partial charge >= 0.3 is 6.03 Å². The zero-order chi connectivity index (χ0) is 27.9. The third kappa shape index (κ3) is 6.95. The number of aromatic nitrogens is 2. The minimum Gasteiger partial charge on any atom is -0.343 e. The molecular formula is C30H32N6O3S. The smallest absolute Gasteiger partial charge is 0.319 e. The Morgan fingerprint density at radius 2 is 2.02 bits per heavy atom. The SMILES string of the molecule is Cc1cc2[nH]nc(/C=C/c3cccc(NC(=O)NCCCN4CCCC4=O)c3)c2cc1NC(=O)Cc1cccs1. The summed E-state index contributed by atoms with van der Waals surface area (Å²) >= 11 is 1.57. The number of nitrogens with zero attached hydrogens (tertiary/aromatic N) is 2. The van der Waals surface area contributed by atoms with Crippen molar-refractivity contribution < 1.29 is 14.4 Å². The molecule has 40 heavy (non-hydrogen) atoms. The molecule has 4 amide bonds. The lowest BCUT2D eigenvalue weighted by Gasteiger charge is -2.15. The van der Waals surface area contributed by atoms with E-state index >= 15 is 0 Å². The van der Waals surface area contributed by atoms with E-state index in [1.165, 1.54) is 0 Å². The van der Waals surface area contributed by atoms with Gasteiger partial charge in [0, 0.05) is 47.7 Å². The number of carbonyl (C=O) groups excluding carboxylic acids is 3. The van der Waals surface area contributed by atoms with Crippen molar-refractivity contribution in [2.75, 3.05) is 30.3 Å². The van der Waals surface area contributed by atoms with Crippen molar-refractivity contribution in [3.8, 4) is 0 Å². The number of fused-ring (bicyclic) bond motifs is 1. The van der Waals surface area contributed by atoms with Crippen LogP contribution < -0.4 is 16.0 Å². The van der Waals surface area contributed by atoms with E-state index in [4.69, 9.17) is 0 Å². The molecule has 1 fully saturated rings. The first-order chi connectivity index (χ1) is 19.4. The molecule has 1 saturated heterocycles. The van der Waals surface area contributed by atoms with Gasteiger partial charge in [0.2, 0.25) is 11.8 Å². The van der Waals surface area contributed by atoms with E-state index in [0.717, 1.165) is 57.7 Å². The molecule has 10 heteroatoms. The lowest BCUT2D eigenvalue weighted by atomic mass is 10.1. The van der Waals surface area contributed by atoms with Crippen molar-refractivity contribution in [1.29, 1.82) is 0 Å². The van der Waals surface area contributed by atoms with Gasteiger partial charge < -0.3 is 20.9 Å². The van der Waals surface area contributed by atoms with Gasteiger partial charge in [-0.15, -0.1) is 11.3 Å². The standard InChI is InChI=1S/C30H32N6O3S/c1-20-16-27-24(19-26(20)33-28(37)18-23-8-4-15-40-23)25(34-35-27)11-10-21-6-2-7-22(17-21)32-30(39)31-12-5-14-36-13-3-9-29(36)38/h2,4,6-8,10-11,15-17,19H,3,5,9,12-14,18H2,1H3,(H,33,37)(H,34,35)(H2,31,32,39)/b11-10+. The van der Waals surface area contributed by atoms with Crippen LogP contribution in [0, 0.1) is 6.92 Å². The van der Waals surface area contributed by atoms with Crippen molar-refractivity contribution in [1.82, 2.24) is 20.4 Å². The number of hydrogen-bond donors (Lipinski definition) is 4. The predicted octanol–water partition coefficient (Wildman–Crippen LogP) is 5.42. The van der Waals surface area contributed by atoms with Gasteiger partial charge in [-0.3, -0.25) is 14.7 Å². The summed E-state index contributed by atoms with van der Waals surface area (Å²) in [6.07, 6.45) is 6.45. The van der Waals surface area contributed by atoms with Gasteiger partial charge in [-0.1, -0.05) is 24.3 Å². The van der Waals surface area contributed by atoms with Crippen molar-refractivity contribution in [3.63, 3.8) is 0 Å². The number of aromatic amines is 1. The molecular weight excluding hydrogens is 524 g/mol. The summed E-state index contributed by atoms with van der Waals surface area (Å²) < 4.78 is 0. The average molecular weight is 557 g/mol. The fourth-order valence-corrected chi connectivity index (χ4v) is 5.41. The highest BCUT2D eigenvalue weighted by atomic mass is 32.1. The number of H-pyrrole nitrogens is 1. The average Bonchev–Trinajstić information content (AvgIpc) is 3.68. The molecule has 0 spiro atoms. The van der Waals surface area contributed by atoms with Crippen LogP contribution in [-0.4, -0.2) is 52.6 Å². The van der Waals surface area contributed by atoms with E-state index in [1.54, 1.807) is 11.3 Å². The van der Waals surface area contributed by atoms with Crippen molar-refractivity contribution in [3.05, 3.63) is 75.6 Å². The summed E-state index contributed by atoms with van der Waals surface area (Å²) in [4.78, 5) is 39.4. The molecule has 0 atom stereocenters. The maximum absolute atomic E-state index is 12.6. The fraction of sp³-hybridized carbons (Fsp3) is 0.267. The number of benzene rings is 2. The van der Waals surface area contributed by atoms with Crippen LogP contribution in [-0.2, 0) is 16.0 Å². The van der Waals surface area contributed by atoms with Crippen molar-refractivity contribution >= 4 is 63.6 Å². The molecule has 206 valence electrons. The zero-order valence-electron chi connectivity index (χ0n) is 22.3. The summed E-state index contributed by atoms with van der Waals surface area (Å²) in [6.45, 7) is 3.94. The minimum atomic E-state index is -0.281. The van der Waals surface area contributed by atoms with E-state index in [0.29, 0.717) is 31.6 Å². The van der Waals surface area contributed by atoms with Crippen LogP contribution in [0.15, 0.2) is 53.9 Å². The van der Waals surface area contributed by atoms with Gasteiger partial charge in [0.15, 0.2) is 0 Å². The number of thiophene rings is 1. The number of amides is 4. The zero-order valence-corrected chi connectivity index (χ0v) is 23.1. The Kier molecular flexibility index (Phi) is 8.56. The number of anilines is 2. The Morgan fingerprint density at radius 3 is 2.83 bits per heavy atom. The molecule has 4 N–H and O–H groups in total. The number of urea groups is 1. The number of hydrogen-bond acceptors (Lipinski definition) is 5. The van der Waals surface area contributed by atoms with Crippen LogP contribution >= 0.6 is 11.3 Å². The fourth-order valence-electron chi connectivity index (χ4n) is 4.70. The number of likely N-dealkylation sites (tertiary alicyclic amines) is 1. The topological polar surface area (TPSA) is 119 Å². The molecule has 1 aliphatic heterocycles. The first kappa shape index (κ1) is 27.1. The molecule has 3 heterocycles. The Labute approximate surface area is 236 Å². The number of carbonyl (C=O) groups is 3. The lowest BCUT2D eigenvalue weighted by molar-refractivity contribution is -0.127. The molecule has 1 aliphatic rings. The van der Waals surface area contributed by atoms with E-state index in [-0.39, 0.29) is 17.8 Å². The molecule has 4 aromatic rings. The van der Waals surface area contributed by atoms with E-state index in [2.05, 4.69) is 26.1 Å². The normalized spacial score (nSPS) is 13.3. The number of nitrogens with one attached hydrogen (secondary N) is 4. The lowest BCUT2D eigenvalue weighted by Crippen LogP contribution is -2.33. The molecule has 2 aromatic heterocycles. The van der Waals surface area contributed by atoms with Crippen LogP contribution in [0.5, 0.6) is 0 Å². The third-order valence-electron chi connectivity index (χ3n) is 6.77. The molecule has 2 aromatic carbocycles. The van der Waals surface area contributed by atoms with Crippen molar-refractivity contribution in [2.45, 2.75) is 32.6 Å². The highest BCUT2D eigenvalue weighted by Crippen LogP contribution is 2.26. The van der Waals surface area contributed by atoms with Gasteiger partial charge in [0.25, 0.3) is 0 Å². The van der Waals surface area contributed by atoms with Crippen LogP contribution in [0.2, 0.25) is 0 Å². The third-order valence-corrected chi connectivity index (χ3v) is 7.64. The monoisotopic (exact) mass is 556 g/mol. The maximum atomic E-state index is 12.6. The van der Waals surface area contributed by atoms with E-state index in [9.17, 15) is 14.4 Å². The highest BCUT2D eigenvalue weighted by Gasteiger charge is 2.19. The summed E-state index contributed by atoms with van der Waals surface area (Å²) in [5.41, 5.74) is 4.92. The van der Waals surface area contributed by atoms with E-state index in [1.807, 2.05) is 77.9 Å². The Balaban J connectivity index is 1.18. The maximum Gasteiger partial charge on any atom is 0.319 e. The van der Waals surface area contributed by atoms with Gasteiger partial charge in [-0.05, 0) is 72.7 Å². The van der Waals surface area contributed by atoms with Crippen LogP contribution in [0.1, 0.15) is 41.0 Å². The molecule has 0 radical (unpaired) electrons.